The van der Waals surface area contributed by atoms with Gasteiger partial charge in [0.25, 0.3) is 0 Å². The summed E-state index contributed by atoms with van der Waals surface area (Å²) in [6.07, 6.45) is 2.16. The molecule has 0 saturated carbocycles. The van der Waals surface area contributed by atoms with Crippen molar-refractivity contribution >= 4 is 15.7 Å². The number of fused-ring (bicyclic) bond motifs is 1. The molecule has 27 heavy (non-hydrogen) atoms. The summed E-state index contributed by atoms with van der Waals surface area (Å²) in [6.45, 7) is 3.62. The third-order valence-electron chi connectivity index (χ3n) is 5.13. The number of hydrogen-bond acceptors (Lipinski definition) is 7. The molecule has 146 valence electrons. The number of nitrogens with zero attached hydrogens (tertiary/aromatic N) is 4. The first-order chi connectivity index (χ1) is 13.0. The highest BCUT2D eigenvalue weighted by atomic mass is 32.2. The SMILES string of the molecule is CCc1nnc(C2CN(S(=O)(=O)c3ccc4c(c3)N(C)CCC4)CCO2)o1. The van der Waals surface area contributed by atoms with Gasteiger partial charge in [0, 0.05) is 38.8 Å². The molecule has 0 bridgehead atoms. The topological polar surface area (TPSA) is 88.8 Å². The smallest absolute Gasteiger partial charge is 0.246 e. The number of morpholine rings is 1. The van der Waals surface area contributed by atoms with E-state index < -0.39 is 16.1 Å². The first kappa shape index (κ1) is 18.4. The van der Waals surface area contributed by atoms with Crippen LogP contribution in [0, 0.1) is 0 Å². The second-order valence-corrected chi connectivity index (χ2v) is 8.86. The van der Waals surface area contributed by atoms with E-state index in [1.807, 2.05) is 20.0 Å². The molecule has 3 heterocycles. The Hall–Kier alpha value is -1.97. The van der Waals surface area contributed by atoms with E-state index in [1.165, 1.54) is 9.87 Å². The van der Waals surface area contributed by atoms with Gasteiger partial charge < -0.3 is 14.1 Å². The van der Waals surface area contributed by atoms with Crippen LogP contribution in [0.3, 0.4) is 0 Å². The van der Waals surface area contributed by atoms with Gasteiger partial charge >= 0.3 is 0 Å². The zero-order chi connectivity index (χ0) is 19.0. The summed E-state index contributed by atoms with van der Waals surface area (Å²) in [4.78, 5) is 2.43. The van der Waals surface area contributed by atoms with Crippen LogP contribution in [0.2, 0.25) is 0 Å². The summed E-state index contributed by atoms with van der Waals surface area (Å²) in [5.41, 5.74) is 2.19. The fourth-order valence-corrected chi connectivity index (χ4v) is 5.03. The first-order valence-electron chi connectivity index (χ1n) is 9.27. The number of ether oxygens (including phenoxy) is 1. The highest BCUT2D eigenvalue weighted by Gasteiger charge is 2.34. The molecule has 2 aromatic rings. The van der Waals surface area contributed by atoms with E-state index in [0.717, 1.165) is 25.1 Å². The van der Waals surface area contributed by atoms with Gasteiger partial charge in [-0.1, -0.05) is 13.0 Å². The number of aromatic nitrogens is 2. The minimum absolute atomic E-state index is 0.167. The average Bonchev–Trinajstić information content (AvgIpc) is 3.17. The van der Waals surface area contributed by atoms with Crippen molar-refractivity contribution in [2.75, 3.05) is 38.2 Å². The minimum atomic E-state index is -3.62. The van der Waals surface area contributed by atoms with E-state index in [4.69, 9.17) is 9.15 Å². The molecule has 1 aromatic heterocycles. The average molecular weight is 392 g/mol. The summed E-state index contributed by atoms with van der Waals surface area (Å²) < 4.78 is 39.1. The van der Waals surface area contributed by atoms with Crippen molar-refractivity contribution in [1.82, 2.24) is 14.5 Å². The molecule has 0 amide bonds. The van der Waals surface area contributed by atoms with Crippen molar-refractivity contribution in [3.63, 3.8) is 0 Å². The van der Waals surface area contributed by atoms with E-state index in [1.54, 1.807) is 12.1 Å². The molecule has 0 radical (unpaired) electrons. The Morgan fingerprint density at radius 2 is 2.11 bits per heavy atom. The van der Waals surface area contributed by atoms with E-state index in [2.05, 4.69) is 15.1 Å². The van der Waals surface area contributed by atoms with Crippen LogP contribution in [0.1, 0.15) is 36.8 Å². The zero-order valence-electron chi connectivity index (χ0n) is 15.6. The van der Waals surface area contributed by atoms with E-state index in [-0.39, 0.29) is 6.54 Å². The fraction of sp³-hybridized carbons (Fsp3) is 0.556. The third-order valence-corrected chi connectivity index (χ3v) is 7.00. The number of benzene rings is 1. The van der Waals surface area contributed by atoms with E-state index >= 15 is 0 Å². The molecule has 1 saturated heterocycles. The van der Waals surface area contributed by atoms with Crippen molar-refractivity contribution in [1.29, 1.82) is 0 Å². The van der Waals surface area contributed by atoms with Crippen LogP contribution >= 0.6 is 0 Å². The maximum Gasteiger partial charge on any atom is 0.246 e. The lowest BCUT2D eigenvalue weighted by Crippen LogP contribution is -2.42. The molecule has 1 aromatic carbocycles. The first-order valence-corrected chi connectivity index (χ1v) is 10.7. The van der Waals surface area contributed by atoms with Crippen molar-refractivity contribution in [2.45, 2.75) is 37.2 Å². The standard InChI is InChI=1S/C18H24N4O4S/c1-3-17-19-20-18(26-17)16-12-22(9-10-25-16)27(23,24)14-7-6-13-5-4-8-21(2)15(13)11-14/h6-7,11,16H,3-5,8-10,12H2,1-2H3. The van der Waals surface area contributed by atoms with Gasteiger partial charge in [-0.2, -0.15) is 4.31 Å². The van der Waals surface area contributed by atoms with Crippen molar-refractivity contribution in [3.8, 4) is 0 Å². The fourth-order valence-electron chi connectivity index (χ4n) is 3.58. The van der Waals surface area contributed by atoms with Gasteiger partial charge in [0.1, 0.15) is 6.10 Å². The quantitative estimate of drug-likeness (QED) is 0.783. The number of hydrogen-bond donors (Lipinski definition) is 0. The Morgan fingerprint density at radius 3 is 2.89 bits per heavy atom. The molecule has 0 N–H and O–H groups in total. The van der Waals surface area contributed by atoms with Crippen molar-refractivity contribution in [2.24, 2.45) is 0 Å². The minimum Gasteiger partial charge on any atom is -0.422 e. The van der Waals surface area contributed by atoms with Gasteiger partial charge in [0.15, 0.2) is 0 Å². The normalized spacial score (nSPS) is 21.3. The Balaban J connectivity index is 1.59. The maximum absolute atomic E-state index is 13.2. The van der Waals surface area contributed by atoms with Crippen LogP contribution in [0.15, 0.2) is 27.5 Å². The summed E-state index contributed by atoms with van der Waals surface area (Å²) in [5.74, 6) is 0.850. The molecular formula is C18H24N4O4S. The Kier molecular flexibility index (Phi) is 4.92. The second kappa shape index (κ2) is 7.21. The van der Waals surface area contributed by atoms with Gasteiger partial charge in [-0.3, -0.25) is 0 Å². The van der Waals surface area contributed by atoms with Crippen LogP contribution in [0.25, 0.3) is 0 Å². The molecule has 8 nitrogen and oxygen atoms in total. The van der Waals surface area contributed by atoms with E-state index in [0.29, 0.717) is 36.2 Å². The zero-order valence-corrected chi connectivity index (χ0v) is 16.4. The lowest BCUT2D eigenvalue weighted by Gasteiger charge is -2.32. The lowest BCUT2D eigenvalue weighted by molar-refractivity contribution is -0.0177. The maximum atomic E-state index is 13.2. The summed E-state index contributed by atoms with van der Waals surface area (Å²) >= 11 is 0. The molecule has 2 aliphatic rings. The summed E-state index contributed by atoms with van der Waals surface area (Å²) in [5, 5.41) is 7.94. The predicted molar refractivity (Wildman–Crippen MR) is 99.2 cm³/mol. The predicted octanol–water partition coefficient (Wildman–Crippen LogP) is 1.78. The van der Waals surface area contributed by atoms with Crippen LogP contribution in [-0.4, -0.2) is 56.2 Å². The molecule has 4 rings (SSSR count). The molecule has 9 heteroatoms. The molecule has 1 atom stereocenters. The molecule has 0 spiro atoms. The summed E-state index contributed by atoms with van der Waals surface area (Å²) in [7, 11) is -1.62. The van der Waals surface area contributed by atoms with Crippen LogP contribution in [0.5, 0.6) is 0 Å². The molecule has 1 unspecified atom stereocenters. The highest BCUT2D eigenvalue weighted by Crippen LogP contribution is 2.31. The van der Waals surface area contributed by atoms with Crippen LogP contribution in [-0.2, 0) is 27.6 Å². The monoisotopic (exact) mass is 392 g/mol. The molecule has 2 aliphatic heterocycles. The van der Waals surface area contributed by atoms with Gasteiger partial charge in [-0.15, -0.1) is 10.2 Å². The van der Waals surface area contributed by atoms with Gasteiger partial charge in [0.05, 0.1) is 11.5 Å². The van der Waals surface area contributed by atoms with Gasteiger partial charge in [0.2, 0.25) is 21.8 Å². The van der Waals surface area contributed by atoms with Gasteiger partial charge in [-0.05, 0) is 30.5 Å². The van der Waals surface area contributed by atoms with E-state index in [9.17, 15) is 8.42 Å². The third kappa shape index (κ3) is 3.46. The number of rotatable bonds is 4. The van der Waals surface area contributed by atoms with Crippen molar-refractivity contribution < 1.29 is 17.6 Å². The largest absolute Gasteiger partial charge is 0.422 e. The highest BCUT2D eigenvalue weighted by molar-refractivity contribution is 7.89. The van der Waals surface area contributed by atoms with Crippen molar-refractivity contribution in [3.05, 3.63) is 35.5 Å². The Morgan fingerprint density at radius 1 is 1.26 bits per heavy atom. The molecular weight excluding hydrogens is 368 g/mol. The molecule has 1 fully saturated rings. The number of sulfonamides is 1. The second-order valence-electron chi connectivity index (χ2n) is 6.93. The Bertz CT molecular complexity index is 927. The number of aryl methyl sites for hydroxylation is 2. The van der Waals surface area contributed by atoms with Crippen LogP contribution < -0.4 is 4.90 Å². The molecule has 0 aliphatic carbocycles. The van der Waals surface area contributed by atoms with Crippen LogP contribution in [0.4, 0.5) is 5.69 Å². The Labute approximate surface area is 159 Å². The van der Waals surface area contributed by atoms with Gasteiger partial charge in [-0.25, -0.2) is 8.42 Å². The lowest BCUT2D eigenvalue weighted by atomic mass is 10.0. The summed E-state index contributed by atoms with van der Waals surface area (Å²) in [6, 6.07) is 5.43. The number of anilines is 1.